The zero-order valence-electron chi connectivity index (χ0n) is 15.6. The summed E-state index contributed by atoms with van der Waals surface area (Å²) in [6.45, 7) is 3.71. The fraction of sp³-hybridized carbons (Fsp3) is 0.211. The van der Waals surface area contributed by atoms with E-state index in [0.29, 0.717) is 10.9 Å². The molecule has 0 aliphatic rings. The van der Waals surface area contributed by atoms with Crippen molar-refractivity contribution in [3.8, 4) is 5.88 Å². The molecule has 0 spiro atoms. The minimum Gasteiger partial charge on any atom is -0.472 e. The highest BCUT2D eigenvalue weighted by atomic mass is 32.2. The van der Waals surface area contributed by atoms with E-state index in [1.165, 1.54) is 24.3 Å². The number of nitrogens with zero attached hydrogens (tertiary/aromatic N) is 2. The Balaban J connectivity index is 1.91. The van der Waals surface area contributed by atoms with Gasteiger partial charge < -0.3 is 4.74 Å². The zero-order chi connectivity index (χ0) is 21.2. The minimum atomic E-state index is -4.76. The Hall–Kier alpha value is -3.01. The molecule has 154 valence electrons. The van der Waals surface area contributed by atoms with Gasteiger partial charge in [-0.1, -0.05) is 47.5 Å². The summed E-state index contributed by atoms with van der Waals surface area (Å²) in [4.78, 5) is 2.37. The van der Waals surface area contributed by atoms with Crippen LogP contribution in [-0.2, 0) is 22.8 Å². The zero-order valence-corrected chi connectivity index (χ0v) is 16.4. The van der Waals surface area contributed by atoms with Gasteiger partial charge in [0.25, 0.3) is 10.0 Å². The third kappa shape index (κ3) is 5.08. The first-order chi connectivity index (χ1) is 13.5. The molecule has 0 saturated carbocycles. The number of halogens is 3. The number of benzene rings is 2. The summed E-state index contributed by atoms with van der Waals surface area (Å²) in [5, 5.41) is 3.32. The maximum absolute atomic E-state index is 13.1. The molecule has 0 aliphatic heterocycles. The normalized spacial score (nSPS) is 12.0. The molecule has 6 nitrogen and oxygen atoms in total. The van der Waals surface area contributed by atoms with Gasteiger partial charge in [-0.25, -0.2) is 0 Å². The molecule has 2 aromatic carbocycles. The number of aryl methyl sites for hydroxylation is 2. The van der Waals surface area contributed by atoms with Crippen LogP contribution >= 0.6 is 0 Å². The van der Waals surface area contributed by atoms with E-state index >= 15 is 0 Å². The Labute approximate surface area is 166 Å². The maximum Gasteiger partial charge on any atom is 0.435 e. The predicted octanol–water partition coefficient (Wildman–Crippen LogP) is 4.03. The van der Waals surface area contributed by atoms with Crippen LogP contribution in [0, 0.1) is 13.8 Å². The van der Waals surface area contributed by atoms with Gasteiger partial charge in [-0.15, -0.1) is 9.89 Å². The van der Waals surface area contributed by atoms with Gasteiger partial charge in [0.05, 0.1) is 4.90 Å². The quantitative estimate of drug-likeness (QED) is 0.647. The van der Waals surface area contributed by atoms with Crippen LogP contribution in [0.25, 0.3) is 0 Å². The Morgan fingerprint density at radius 2 is 1.66 bits per heavy atom. The molecule has 3 aromatic rings. The Morgan fingerprint density at radius 1 is 1.03 bits per heavy atom. The Morgan fingerprint density at radius 3 is 2.24 bits per heavy atom. The van der Waals surface area contributed by atoms with Crippen LogP contribution in [0.15, 0.2) is 59.5 Å². The molecule has 0 unspecified atom stereocenters. The maximum atomic E-state index is 13.1. The van der Waals surface area contributed by atoms with E-state index in [1.807, 2.05) is 36.9 Å². The second-order valence-corrected chi connectivity index (χ2v) is 8.13. The van der Waals surface area contributed by atoms with Gasteiger partial charge >= 0.3 is 6.18 Å². The molecule has 0 radical (unpaired) electrons. The predicted molar refractivity (Wildman–Crippen MR) is 100 cm³/mol. The molecule has 1 aromatic heterocycles. The van der Waals surface area contributed by atoms with Crippen LogP contribution in [0.2, 0.25) is 0 Å². The molecule has 10 heteroatoms. The van der Waals surface area contributed by atoms with Gasteiger partial charge in [0.2, 0.25) is 5.88 Å². The average Bonchev–Trinajstić information content (AvgIpc) is 3.02. The highest BCUT2D eigenvalue weighted by molar-refractivity contribution is 7.92. The number of alkyl halides is 3. The van der Waals surface area contributed by atoms with Gasteiger partial charge in [0.15, 0.2) is 5.69 Å². The fourth-order valence-corrected chi connectivity index (χ4v) is 3.73. The molecule has 1 N–H and O–H groups in total. The summed E-state index contributed by atoms with van der Waals surface area (Å²) < 4.78 is 69.7. The van der Waals surface area contributed by atoms with Crippen molar-refractivity contribution >= 4 is 10.0 Å². The lowest BCUT2D eigenvalue weighted by molar-refractivity contribution is -0.141. The highest BCUT2D eigenvalue weighted by Crippen LogP contribution is 2.31. The molecule has 0 saturated heterocycles. The van der Waals surface area contributed by atoms with E-state index < -0.39 is 21.9 Å². The lowest BCUT2D eigenvalue weighted by Crippen LogP contribution is -2.25. The van der Waals surface area contributed by atoms with Crippen LogP contribution < -0.4 is 9.57 Å². The second kappa shape index (κ2) is 7.78. The molecule has 3 rings (SSSR count). The van der Waals surface area contributed by atoms with E-state index in [2.05, 4.69) is 5.10 Å². The SMILES string of the molecule is Cc1cc(C)cc(COc2cc(C(F)(F)F)nn2NS(=O)(=O)c2ccccc2)c1. The fourth-order valence-electron chi connectivity index (χ4n) is 2.75. The van der Waals surface area contributed by atoms with Crippen LogP contribution in [-0.4, -0.2) is 18.3 Å². The monoisotopic (exact) mass is 425 g/mol. The summed E-state index contributed by atoms with van der Waals surface area (Å²) in [5.74, 6) is -0.379. The van der Waals surface area contributed by atoms with Gasteiger partial charge in [-0.2, -0.15) is 26.4 Å². The first-order valence-electron chi connectivity index (χ1n) is 8.50. The Kier molecular flexibility index (Phi) is 5.56. The van der Waals surface area contributed by atoms with Gasteiger partial charge in [0.1, 0.15) is 6.61 Å². The van der Waals surface area contributed by atoms with E-state index in [1.54, 1.807) is 6.07 Å². The number of aromatic nitrogens is 2. The summed E-state index contributed by atoms with van der Waals surface area (Å²) in [5.41, 5.74) is 1.40. The Bertz CT molecular complexity index is 1090. The third-order valence-corrected chi connectivity index (χ3v) is 5.20. The summed E-state index contributed by atoms with van der Waals surface area (Å²) in [6.07, 6.45) is -4.76. The van der Waals surface area contributed by atoms with E-state index in [-0.39, 0.29) is 17.4 Å². The average molecular weight is 425 g/mol. The number of hydrogen-bond donors (Lipinski definition) is 1. The molecule has 0 amide bonds. The van der Waals surface area contributed by atoms with Crippen molar-refractivity contribution in [1.29, 1.82) is 0 Å². The number of sulfonamides is 1. The first-order valence-corrected chi connectivity index (χ1v) is 9.98. The lowest BCUT2D eigenvalue weighted by Gasteiger charge is -2.12. The topological polar surface area (TPSA) is 73.2 Å². The molecule has 0 bridgehead atoms. The summed E-state index contributed by atoms with van der Waals surface area (Å²) >= 11 is 0. The van der Waals surface area contributed by atoms with Crippen molar-refractivity contribution < 1.29 is 26.3 Å². The molecular formula is C19H18F3N3O3S. The van der Waals surface area contributed by atoms with Crippen LogP contribution in [0.3, 0.4) is 0 Å². The minimum absolute atomic E-state index is 0.0570. The van der Waals surface area contributed by atoms with Gasteiger partial charge in [-0.05, 0) is 31.5 Å². The molecule has 29 heavy (non-hydrogen) atoms. The van der Waals surface area contributed by atoms with Crippen molar-refractivity contribution in [2.24, 2.45) is 0 Å². The van der Waals surface area contributed by atoms with E-state index in [0.717, 1.165) is 16.7 Å². The first kappa shape index (κ1) is 20.7. The van der Waals surface area contributed by atoms with Gasteiger partial charge in [-0.3, -0.25) is 0 Å². The van der Waals surface area contributed by atoms with Crippen molar-refractivity contribution in [3.63, 3.8) is 0 Å². The van der Waals surface area contributed by atoms with Crippen LogP contribution in [0.4, 0.5) is 13.2 Å². The van der Waals surface area contributed by atoms with E-state index in [4.69, 9.17) is 4.74 Å². The highest BCUT2D eigenvalue weighted by Gasteiger charge is 2.36. The van der Waals surface area contributed by atoms with E-state index in [9.17, 15) is 21.6 Å². The third-order valence-electron chi connectivity index (χ3n) is 3.90. The molecular weight excluding hydrogens is 407 g/mol. The summed E-state index contributed by atoms with van der Waals surface area (Å²) in [6, 6.07) is 13.5. The largest absolute Gasteiger partial charge is 0.472 e. The molecule has 0 aliphatic carbocycles. The lowest BCUT2D eigenvalue weighted by atomic mass is 10.1. The van der Waals surface area contributed by atoms with Crippen molar-refractivity contribution in [2.75, 3.05) is 4.83 Å². The van der Waals surface area contributed by atoms with Crippen molar-refractivity contribution in [1.82, 2.24) is 9.89 Å². The molecule has 0 fully saturated rings. The second-order valence-electron chi connectivity index (χ2n) is 6.47. The van der Waals surface area contributed by atoms with Crippen molar-refractivity contribution in [3.05, 3.63) is 77.0 Å². The van der Waals surface area contributed by atoms with Crippen LogP contribution in [0.1, 0.15) is 22.4 Å². The number of nitrogens with one attached hydrogen (secondary N) is 1. The molecule has 0 atom stereocenters. The number of rotatable bonds is 6. The number of hydrogen-bond acceptors (Lipinski definition) is 4. The molecule has 1 heterocycles. The van der Waals surface area contributed by atoms with Crippen molar-refractivity contribution in [2.45, 2.75) is 31.5 Å². The van der Waals surface area contributed by atoms with Gasteiger partial charge in [0, 0.05) is 6.07 Å². The smallest absolute Gasteiger partial charge is 0.435 e. The number of ether oxygens (including phenoxy) is 1. The standard InChI is InChI=1S/C19H18F3N3O3S/c1-13-8-14(2)10-15(9-13)12-28-18-11-17(19(20,21)22)23-25(18)24-29(26,27)16-6-4-3-5-7-16/h3-11,24H,12H2,1-2H3. The summed E-state index contributed by atoms with van der Waals surface area (Å²) in [7, 11) is -4.16. The van der Waals surface area contributed by atoms with Crippen LogP contribution in [0.5, 0.6) is 5.88 Å².